The Morgan fingerprint density at radius 1 is 0.861 bits per heavy atom. The first kappa shape index (κ1) is 24.5. The van der Waals surface area contributed by atoms with Gasteiger partial charge in [-0.15, -0.1) is 0 Å². The molecular formula is C30H38N6. The predicted molar refractivity (Wildman–Crippen MR) is 150 cm³/mol. The average molecular weight is 483 g/mol. The third kappa shape index (κ3) is 5.77. The number of nitrogens with zero attached hydrogens (tertiary/aromatic N) is 6. The van der Waals surface area contributed by atoms with E-state index in [9.17, 15) is 0 Å². The second kappa shape index (κ2) is 11.2. The molecule has 0 N–H and O–H groups in total. The van der Waals surface area contributed by atoms with Crippen molar-refractivity contribution < 1.29 is 0 Å². The molecule has 6 nitrogen and oxygen atoms in total. The SMILES string of the molecule is Cc1nc(-c2cn(CCCN(C)C)c3ccccc23)cc(N2CCN(CCc3ccccc3)CC2)n1. The lowest BCUT2D eigenvalue weighted by atomic mass is 10.1. The molecule has 5 rings (SSSR count). The van der Waals surface area contributed by atoms with Crippen molar-refractivity contribution in [2.45, 2.75) is 26.3 Å². The smallest absolute Gasteiger partial charge is 0.132 e. The van der Waals surface area contributed by atoms with Crippen LogP contribution >= 0.6 is 0 Å². The fraction of sp³-hybridized carbons (Fsp3) is 0.400. The zero-order valence-corrected chi connectivity index (χ0v) is 21.9. The number of para-hydroxylation sites is 1. The normalized spacial score (nSPS) is 14.7. The third-order valence-corrected chi connectivity index (χ3v) is 7.15. The maximum Gasteiger partial charge on any atom is 0.132 e. The van der Waals surface area contributed by atoms with Crippen LogP contribution in [0.2, 0.25) is 0 Å². The molecule has 0 radical (unpaired) electrons. The summed E-state index contributed by atoms with van der Waals surface area (Å²) in [6.45, 7) is 9.33. The summed E-state index contributed by atoms with van der Waals surface area (Å²) in [4.78, 5) is 17.0. The third-order valence-electron chi connectivity index (χ3n) is 7.15. The van der Waals surface area contributed by atoms with Gasteiger partial charge in [0, 0.05) is 68.0 Å². The van der Waals surface area contributed by atoms with E-state index in [-0.39, 0.29) is 0 Å². The molecule has 4 aromatic rings. The Morgan fingerprint density at radius 2 is 1.61 bits per heavy atom. The predicted octanol–water partition coefficient (Wildman–Crippen LogP) is 4.72. The topological polar surface area (TPSA) is 40.4 Å². The molecule has 0 unspecified atom stereocenters. The molecule has 1 saturated heterocycles. The summed E-state index contributed by atoms with van der Waals surface area (Å²) < 4.78 is 2.39. The van der Waals surface area contributed by atoms with Gasteiger partial charge in [-0.3, -0.25) is 4.90 Å². The molecule has 0 atom stereocenters. The molecule has 1 aliphatic heterocycles. The van der Waals surface area contributed by atoms with Crippen LogP contribution in [0.5, 0.6) is 0 Å². The summed E-state index contributed by atoms with van der Waals surface area (Å²) in [6.07, 6.45) is 4.51. The second-order valence-electron chi connectivity index (χ2n) is 10.1. The summed E-state index contributed by atoms with van der Waals surface area (Å²) in [5, 5.41) is 1.26. The van der Waals surface area contributed by atoms with E-state index < -0.39 is 0 Å². The second-order valence-corrected chi connectivity index (χ2v) is 10.1. The van der Waals surface area contributed by atoms with Crippen LogP contribution in [0.25, 0.3) is 22.2 Å². The lowest BCUT2D eigenvalue weighted by Gasteiger charge is -2.35. The molecule has 0 saturated carbocycles. The van der Waals surface area contributed by atoms with Gasteiger partial charge in [-0.05, 0) is 52.0 Å². The van der Waals surface area contributed by atoms with Gasteiger partial charge >= 0.3 is 0 Å². The molecule has 2 aromatic carbocycles. The van der Waals surface area contributed by atoms with Gasteiger partial charge in [0.25, 0.3) is 0 Å². The Bertz CT molecular complexity index is 1270. The van der Waals surface area contributed by atoms with Crippen LogP contribution in [0, 0.1) is 6.92 Å². The number of rotatable bonds is 9. The number of benzene rings is 2. The molecule has 36 heavy (non-hydrogen) atoms. The quantitative estimate of drug-likeness (QED) is 0.345. The summed E-state index contributed by atoms with van der Waals surface area (Å²) in [5.41, 5.74) is 4.91. The van der Waals surface area contributed by atoms with E-state index in [1.807, 2.05) is 6.92 Å². The Morgan fingerprint density at radius 3 is 2.39 bits per heavy atom. The summed E-state index contributed by atoms with van der Waals surface area (Å²) >= 11 is 0. The number of anilines is 1. The molecule has 6 heteroatoms. The molecule has 0 bridgehead atoms. The van der Waals surface area contributed by atoms with Crippen molar-refractivity contribution in [3.63, 3.8) is 0 Å². The number of hydrogen-bond acceptors (Lipinski definition) is 5. The number of fused-ring (bicyclic) bond motifs is 1. The molecule has 0 spiro atoms. The van der Waals surface area contributed by atoms with Crippen molar-refractivity contribution >= 4 is 16.7 Å². The number of aromatic nitrogens is 3. The summed E-state index contributed by atoms with van der Waals surface area (Å²) in [6, 6.07) is 21.7. The fourth-order valence-electron chi connectivity index (χ4n) is 5.18. The van der Waals surface area contributed by atoms with Crippen molar-refractivity contribution in [3.05, 3.63) is 78.2 Å². The van der Waals surface area contributed by atoms with Crippen molar-refractivity contribution in [2.75, 3.05) is 58.3 Å². The van der Waals surface area contributed by atoms with E-state index in [0.29, 0.717) is 0 Å². The Balaban J connectivity index is 1.31. The summed E-state index contributed by atoms with van der Waals surface area (Å²) in [5.74, 6) is 1.88. The van der Waals surface area contributed by atoms with E-state index in [1.54, 1.807) is 0 Å². The Labute approximate surface area is 215 Å². The largest absolute Gasteiger partial charge is 0.354 e. The monoisotopic (exact) mass is 482 g/mol. The number of piperazine rings is 1. The van der Waals surface area contributed by atoms with E-state index in [2.05, 4.69) is 100 Å². The minimum atomic E-state index is 0.832. The van der Waals surface area contributed by atoms with Crippen LogP contribution in [0.4, 0.5) is 5.82 Å². The van der Waals surface area contributed by atoms with Crippen molar-refractivity contribution in [2.24, 2.45) is 0 Å². The van der Waals surface area contributed by atoms with E-state index >= 15 is 0 Å². The lowest BCUT2D eigenvalue weighted by molar-refractivity contribution is 0.260. The highest BCUT2D eigenvalue weighted by Crippen LogP contribution is 2.31. The minimum absolute atomic E-state index is 0.832. The highest BCUT2D eigenvalue weighted by molar-refractivity contribution is 5.95. The fourth-order valence-corrected chi connectivity index (χ4v) is 5.18. The van der Waals surface area contributed by atoms with E-state index in [4.69, 9.17) is 9.97 Å². The van der Waals surface area contributed by atoms with Gasteiger partial charge in [-0.25, -0.2) is 9.97 Å². The molecule has 0 amide bonds. The molecule has 188 valence electrons. The van der Waals surface area contributed by atoms with E-state index in [1.165, 1.54) is 22.0 Å². The van der Waals surface area contributed by atoms with Gasteiger partial charge in [-0.2, -0.15) is 0 Å². The molecule has 0 aliphatic carbocycles. The Hall–Kier alpha value is -3.22. The van der Waals surface area contributed by atoms with Gasteiger partial charge < -0.3 is 14.4 Å². The standard InChI is InChI=1S/C30H38N6/c1-24-31-28(27-23-36(16-9-15-33(2)3)29-13-8-7-12-26(27)29)22-30(32-24)35-20-18-34(19-21-35)17-14-25-10-5-4-6-11-25/h4-8,10-13,22-23H,9,14-21H2,1-3H3. The first-order valence-corrected chi connectivity index (χ1v) is 13.2. The maximum absolute atomic E-state index is 4.88. The minimum Gasteiger partial charge on any atom is -0.354 e. The van der Waals surface area contributed by atoms with Gasteiger partial charge in [0.1, 0.15) is 11.6 Å². The van der Waals surface area contributed by atoms with Crippen LogP contribution in [0.15, 0.2) is 66.9 Å². The molecule has 2 aromatic heterocycles. The highest BCUT2D eigenvalue weighted by atomic mass is 15.3. The van der Waals surface area contributed by atoms with Crippen LogP contribution < -0.4 is 4.90 Å². The van der Waals surface area contributed by atoms with Crippen LogP contribution in [0.3, 0.4) is 0 Å². The van der Waals surface area contributed by atoms with Crippen LogP contribution in [-0.2, 0) is 13.0 Å². The van der Waals surface area contributed by atoms with Gasteiger partial charge in [-0.1, -0.05) is 48.5 Å². The molecule has 3 heterocycles. The number of hydrogen-bond donors (Lipinski definition) is 0. The molecule has 1 fully saturated rings. The van der Waals surface area contributed by atoms with Crippen molar-refractivity contribution in [3.8, 4) is 11.3 Å². The van der Waals surface area contributed by atoms with Gasteiger partial charge in [0.2, 0.25) is 0 Å². The van der Waals surface area contributed by atoms with Gasteiger partial charge in [0.15, 0.2) is 0 Å². The molecular weight excluding hydrogens is 444 g/mol. The first-order chi connectivity index (χ1) is 17.6. The zero-order chi connectivity index (χ0) is 24.9. The summed E-state index contributed by atoms with van der Waals surface area (Å²) in [7, 11) is 4.26. The number of aryl methyl sites for hydroxylation is 2. The maximum atomic E-state index is 4.88. The van der Waals surface area contributed by atoms with E-state index in [0.717, 1.165) is 76.0 Å². The Kier molecular flexibility index (Phi) is 7.63. The lowest BCUT2D eigenvalue weighted by Crippen LogP contribution is -2.47. The zero-order valence-electron chi connectivity index (χ0n) is 21.9. The van der Waals surface area contributed by atoms with Crippen molar-refractivity contribution in [1.82, 2.24) is 24.3 Å². The molecule has 1 aliphatic rings. The van der Waals surface area contributed by atoms with Crippen LogP contribution in [0.1, 0.15) is 17.8 Å². The van der Waals surface area contributed by atoms with Crippen LogP contribution in [-0.4, -0.2) is 77.7 Å². The van der Waals surface area contributed by atoms with Crippen molar-refractivity contribution in [1.29, 1.82) is 0 Å². The highest BCUT2D eigenvalue weighted by Gasteiger charge is 2.20. The van der Waals surface area contributed by atoms with Gasteiger partial charge in [0.05, 0.1) is 5.69 Å². The average Bonchev–Trinajstić information content (AvgIpc) is 3.26. The first-order valence-electron chi connectivity index (χ1n) is 13.2.